The molecular weight excluding hydrogens is 404 g/mol. The second-order valence-corrected chi connectivity index (χ2v) is 8.71. The van der Waals surface area contributed by atoms with E-state index in [-0.39, 0.29) is 37.0 Å². The van der Waals surface area contributed by atoms with Gasteiger partial charge in [-0.25, -0.2) is 5.43 Å². The van der Waals surface area contributed by atoms with Gasteiger partial charge in [-0.1, -0.05) is 60.7 Å². The van der Waals surface area contributed by atoms with E-state index in [1.54, 1.807) is 24.3 Å². The molecule has 0 saturated carbocycles. The van der Waals surface area contributed by atoms with Crippen molar-refractivity contribution in [3.05, 3.63) is 71.8 Å². The zero-order valence-corrected chi connectivity index (χ0v) is 19.1. The van der Waals surface area contributed by atoms with Crippen LogP contribution in [0.3, 0.4) is 0 Å². The minimum Gasteiger partial charge on any atom is -0.356 e. The summed E-state index contributed by atoms with van der Waals surface area (Å²) in [5.74, 6) is -0.456. The highest BCUT2D eigenvalue weighted by atomic mass is 16.2. The molecule has 170 valence electrons. The number of quaternary nitrogens is 1. The molecule has 0 atom stereocenters. The maximum absolute atomic E-state index is 12.6. The summed E-state index contributed by atoms with van der Waals surface area (Å²) in [6.45, 7) is 0.794. The zero-order valence-electron chi connectivity index (χ0n) is 19.1. The maximum atomic E-state index is 12.6. The molecule has 0 radical (unpaired) electrons. The number of amides is 2. The van der Waals surface area contributed by atoms with Crippen LogP contribution in [0.5, 0.6) is 0 Å². The predicted octanol–water partition coefficient (Wildman–Crippen LogP) is 2.58. The van der Waals surface area contributed by atoms with Crippen molar-refractivity contribution < 1.29 is 18.9 Å². The van der Waals surface area contributed by atoms with Crippen molar-refractivity contribution in [1.29, 1.82) is 0 Å². The lowest BCUT2D eigenvalue weighted by molar-refractivity contribution is -0.862. The fourth-order valence-corrected chi connectivity index (χ4v) is 3.04. The number of nitrogens with zero attached hydrogens (tertiary/aromatic N) is 2. The molecule has 0 fully saturated rings. The topological polar surface area (TPSA) is 87.6 Å². The number of Topliss-reactive ketones (excluding diaryl/α,β-unsaturated/α-hetero) is 1. The third-order valence-corrected chi connectivity index (χ3v) is 4.64. The van der Waals surface area contributed by atoms with Crippen LogP contribution in [-0.4, -0.2) is 62.0 Å². The Bertz CT molecular complexity index is 919. The Balaban J connectivity index is 1.92. The summed E-state index contributed by atoms with van der Waals surface area (Å²) < 4.78 is 0.462. The molecule has 0 heterocycles. The quantitative estimate of drug-likeness (QED) is 0.232. The Labute approximate surface area is 190 Å². The van der Waals surface area contributed by atoms with E-state index in [9.17, 15) is 14.4 Å². The van der Waals surface area contributed by atoms with Gasteiger partial charge < -0.3 is 9.80 Å². The highest BCUT2D eigenvalue weighted by molar-refractivity contribution is 6.10. The van der Waals surface area contributed by atoms with Gasteiger partial charge in [0.25, 0.3) is 5.91 Å². The van der Waals surface area contributed by atoms with Gasteiger partial charge in [-0.15, -0.1) is 0 Å². The van der Waals surface area contributed by atoms with Gasteiger partial charge >= 0.3 is 0 Å². The van der Waals surface area contributed by atoms with E-state index in [2.05, 4.69) is 15.8 Å². The van der Waals surface area contributed by atoms with Crippen molar-refractivity contribution in [2.75, 3.05) is 34.2 Å². The summed E-state index contributed by atoms with van der Waals surface area (Å²) >= 11 is 0. The summed E-state index contributed by atoms with van der Waals surface area (Å²) in [5, 5.41) is 7.08. The normalized spacial score (nSPS) is 11.7. The molecule has 0 unspecified atom stereocenters. The van der Waals surface area contributed by atoms with Crippen LogP contribution in [0.4, 0.5) is 0 Å². The van der Waals surface area contributed by atoms with Crippen molar-refractivity contribution in [3.8, 4) is 0 Å². The molecule has 2 aromatic carbocycles. The number of likely N-dealkylation sites (N-methyl/N-ethyl adjacent to an activating group) is 1. The molecule has 0 aromatic heterocycles. The van der Waals surface area contributed by atoms with E-state index in [0.717, 1.165) is 12.0 Å². The Morgan fingerprint density at radius 3 is 2.09 bits per heavy atom. The molecule has 32 heavy (non-hydrogen) atoms. The number of rotatable bonds is 12. The molecular formula is C25H33N4O3+. The van der Waals surface area contributed by atoms with Crippen LogP contribution in [0, 0.1) is 0 Å². The van der Waals surface area contributed by atoms with Gasteiger partial charge in [0.1, 0.15) is 0 Å². The van der Waals surface area contributed by atoms with Crippen molar-refractivity contribution in [2.24, 2.45) is 5.10 Å². The van der Waals surface area contributed by atoms with Crippen LogP contribution in [0.1, 0.15) is 35.2 Å². The Hall–Kier alpha value is -3.32. The second kappa shape index (κ2) is 12.5. The highest BCUT2D eigenvalue weighted by Gasteiger charge is 2.16. The zero-order chi connectivity index (χ0) is 23.4. The first kappa shape index (κ1) is 24.9. The Kier molecular flexibility index (Phi) is 9.76. The van der Waals surface area contributed by atoms with Crippen LogP contribution in [-0.2, 0) is 16.0 Å². The summed E-state index contributed by atoms with van der Waals surface area (Å²) in [4.78, 5) is 37.0. The van der Waals surface area contributed by atoms with Gasteiger partial charge in [0.2, 0.25) is 5.91 Å². The molecule has 0 bridgehead atoms. The average Bonchev–Trinajstić information content (AvgIpc) is 2.75. The number of hydrazone groups is 1. The first-order chi connectivity index (χ1) is 15.2. The SMILES string of the molecule is C[N+](C)(C)CC(=O)N/N=C(/CCC(=O)NCCc1ccccc1)CC(=O)c1ccccc1. The summed E-state index contributed by atoms with van der Waals surface area (Å²) in [6, 6.07) is 18.9. The molecule has 2 amide bonds. The molecule has 0 saturated heterocycles. The summed E-state index contributed by atoms with van der Waals surface area (Å²) in [7, 11) is 5.72. The number of carbonyl (C=O) groups excluding carboxylic acids is 3. The molecule has 7 heteroatoms. The third-order valence-electron chi connectivity index (χ3n) is 4.64. The van der Waals surface area contributed by atoms with Gasteiger partial charge in [0.15, 0.2) is 12.3 Å². The number of hydrogen-bond donors (Lipinski definition) is 2. The molecule has 2 rings (SSSR count). The lowest BCUT2D eigenvalue weighted by Gasteiger charge is -2.22. The fraction of sp³-hybridized carbons (Fsp3) is 0.360. The third kappa shape index (κ3) is 10.1. The lowest BCUT2D eigenvalue weighted by atomic mass is 10.0. The molecule has 0 aliphatic rings. The molecule has 7 nitrogen and oxygen atoms in total. The van der Waals surface area contributed by atoms with E-state index in [1.165, 1.54) is 0 Å². The van der Waals surface area contributed by atoms with Crippen LogP contribution >= 0.6 is 0 Å². The number of carbonyl (C=O) groups is 3. The van der Waals surface area contributed by atoms with E-state index in [0.29, 0.717) is 28.7 Å². The number of ketones is 1. The van der Waals surface area contributed by atoms with Gasteiger partial charge in [-0.05, 0) is 18.4 Å². The molecule has 2 N–H and O–H groups in total. The van der Waals surface area contributed by atoms with E-state index < -0.39 is 0 Å². The van der Waals surface area contributed by atoms with Gasteiger partial charge in [0, 0.05) is 24.2 Å². The molecule has 0 aliphatic heterocycles. The number of benzene rings is 2. The number of hydrogen-bond acceptors (Lipinski definition) is 4. The van der Waals surface area contributed by atoms with Crippen LogP contribution in [0.2, 0.25) is 0 Å². The van der Waals surface area contributed by atoms with Crippen molar-refractivity contribution in [2.45, 2.75) is 25.7 Å². The fourth-order valence-electron chi connectivity index (χ4n) is 3.04. The highest BCUT2D eigenvalue weighted by Crippen LogP contribution is 2.07. The van der Waals surface area contributed by atoms with Crippen LogP contribution in [0.15, 0.2) is 65.8 Å². The largest absolute Gasteiger partial charge is 0.356 e. The standard InChI is InChI=1S/C25H32N4O3/c1-29(2,3)19-25(32)28-27-22(18-23(30)21-12-8-5-9-13-21)14-15-24(31)26-17-16-20-10-6-4-7-11-20/h4-13H,14-19H2,1-3H3,(H-,26,28,31,32)/p+1/b27-22-. The van der Waals surface area contributed by atoms with E-state index in [1.807, 2.05) is 57.5 Å². The minimum absolute atomic E-state index is 0.0476. The van der Waals surface area contributed by atoms with Crippen LogP contribution in [0.25, 0.3) is 0 Å². The summed E-state index contributed by atoms with van der Waals surface area (Å²) in [5.41, 5.74) is 4.74. The monoisotopic (exact) mass is 437 g/mol. The lowest BCUT2D eigenvalue weighted by Crippen LogP contribution is -2.43. The minimum atomic E-state index is -0.241. The molecule has 2 aromatic rings. The predicted molar refractivity (Wildman–Crippen MR) is 126 cm³/mol. The molecule has 0 aliphatic carbocycles. The Morgan fingerprint density at radius 2 is 1.47 bits per heavy atom. The summed E-state index contributed by atoms with van der Waals surface area (Å²) in [6.07, 6.45) is 1.29. The van der Waals surface area contributed by atoms with Gasteiger partial charge in [-0.3, -0.25) is 14.4 Å². The van der Waals surface area contributed by atoms with Crippen molar-refractivity contribution in [3.63, 3.8) is 0 Å². The van der Waals surface area contributed by atoms with Crippen molar-refractivity contribution in [1.82, 2.24) is 10.7 Å². The van der Waals surface area contributed by atoms with E-state index >= 15 is 0 Å². The average molecular weight is 438 g/mol. The first-order valence-electron chi connectivity index (χ1n) is 10.8. The van der Waals surface area contributed by atoms with Crippen LogP contribution < -0.4 is 10.7 Å². The smallest absolute Gasteiger partial charge is 0.295 e. The van der Waals surface area contributed by atoms with Crippen molar-refractivity contribution >= 4 is 23.3 Å². The first-order valence-corrected chi connectivity index (χ1v) is 10.8. The van der Waals surface area contributed by atoms with E-state index in [4.69, 9.17) is 0 Å². The van der Waals surface area contributed by atoms with Gasteiger partial charge in [-0.2, -0.15) is 5.10 Å². The number of nitrogens with one attached hydrogen (secondary N) is 2. The molecule has 0 spiro atoms. The van der Waals surface area contributed by atoms with Gasteiger partial charge in [0.05, 0.1) is 27.6 Å². The Morgan fingerprint density at radius 1 is 0.844 bits per heavy atom. The second-order valence-electron chi connectivity index (χ2n) is 8.71. The maximum Gasteiger partial charge on any atom is 0.295 e.